The number of hydrazone groups is 1. The minimum Gasteiger partial charge on any atom is -0.376 e. The molecule has 0 aliphatic heterocycles. The number of hydrogen-bond acceptors (Lipinski definition) is 3. The van der Waals surface area contributed by atoms with E-state index >= 15 is 0 Å². The van der Waals surface area contributed by atoms with Crippen molar-refractivity contribution < 1.29 is 4.79 Å². The molecular weight excluding hydrogens is 378 g/mol. The first-order valence-electron chi connectivity index (χ1n) is 7.94. The number of hydrogen-bond donors (Lipinski definition) is 2. The van der Waals surface area contributed by atoms with E-state index in [1.165, 1.54) is 0 Å². The molecule has 0 aromatic heterocycles. The van der Waals surface area contributed by atoms with Gasteiger partial charge in [0.1, 0.15) is 0 Å². The van der Waals surface area contributed by atoms with Gasteiger partial charge in [0.2, 0.25) is 0 Å². The first-order chi connectivity index (χ1) is 12.1. The number of rotatable bonds is 5. The highest BCUT2D eigenvalue weighted by molar-refractivity contribution is 9.10. The lowest BCUT2D eigenvalue weighted by Gasteiger charge is -2.09. The van der Waals surface area contributed by atoms with E-state index in [9.17, 15) is 4.79 Å². The van der Waals surface area contributed by atoms with Crippen LogP contribution in [0.2, 0.25) is 0 Å². The van der Waals surface area contributed by atoms with Crippen molar-refractivity contribution in [2.75, 3.05) is 11.9 Å². The van der Waals surface area contributed by atoms with Crippen LogP contribution < -0.4 is 10.7 Å². The van der Waals surface area contributed by atoms with Crippen molar-refractivity contribution in [1.29, 1.82) is 0 Å². The lowest BCUT2D eigenvalue weighted by Crippen LogP contribution is -2.26. The number of carbonyl (C=O) groups excluding carboxylic acids is 1. The third kappa shape index (κ3) is 4.45. The maximum absolute atomic E-state index is 12.1. The molecule has 0 unspecified atom stereocenters. The number of amides is 1. The Morgan fingerprint density at radius 1 is 1.00 bits per heavy atom. The van der Waals surface area contributed by atoms with Crippen molar-refractivity contribution in [2.45, 2.75) is 6.92 Å². The summed E-state index contributed by atoms with van der Waals surface area (Å²) in [5.74, 6) is -0.190. The van der Waals surface area contributed by atoms with Crippen molar-refractivity contribution in [2.24, 2.45) is 5.10 Å². The van der Waals surface area contributed by atoms with Crippen LogP contribution in [0.3, 0.4) is 0 Å². The number of nitrogens with zero attached hydrogens (tertiary/aromatic N) is 1. The van der Waals surface area contributed by atoms with Gasteiger partial charge in [-0.15, -0.1) is 0 Å². The Hall–Kier alpha value is -2.66. The minimum absolute atomic E-state index is 0.158. The van der Waals surface area contributed by atoms with E-state index in [2.05, 4.69) is 31.8 Å². The molecule has 0 heterocycles. The minimum atomic E-state index is -0.190. The Kier molecular flexibility index (Phi) is 5.46. The summed E-state index contributed by atoms with van der Waals surface area (Å²) in [5.41, 5.74) is 5.24. The van der Waals surface area contributed by atoms with Crippen molar-refractivity contribution in [3.05, 3.63) is 76.8 Å². The zero-order valence-corrected chi connectivity index (χ0v) is 15.4. The molecule has 2 N–H and O–H groups in total. The number of benzene rings is 3. The smallest absolute Gasteiger partial charge is 0.259 e. The van der Waals surface area contributed by atoms with E-state index in [-0.39, 0.29) is 12.5 Å². The molecule has 0 aliphatic carbocycles. The molecule has 3 aromatic carbocycles. The van der Waals surface area contributed by atoms with Crippen LogP contribution in [0.5, 0.6) is 0 Å². The van der Waals surface area contributed by atoms with Gasteiger partial charge in [0.15, 0.2) is 0 Å². The summed E-state index contributed by atoms with van der Waals surface area (Å²) in [7, 11) is 0. The molecule has 4 nitrogen and oxygen atoms in total. The summed E-state index contributed by atoms with van der Waals surface area (Å²) in [6.45, 7) is 2.02. The number of nitrogens with one attached hydrogen (secondary N) is 2. The Balaban J connectivity index is 1.61. The van der Waals surface area contributed by atoms with E-state index in [1.54, 1.807) is 0 Å². The third-order valence-electron chi connectivity index (χ3n) is 3.84. The molecule has 126 valence electrons. The molecule has 1 amide bonds. The van der Waals surface area contributed by atoms with Gasteiger partial charge in [-0.3, -0.25) is 4.79 Å². The standard InChI is InChI=1S/C20H18BrN3O/c1-14(15-9-11-17(21)12-10-15)23-24-20(25)13-22-19-8-4-6-16-5-2-3-7-18(16)19/h2-12,22H,13H2,1H3,(H,24,25). The number of carbonyl (C=O) groups is 1. The second kappa shape index (κ2) is 7.94. The first kappa shape index (κ1) is 17.2. The van der Waals surface area contributed by atoms with E-state index in [4.69, 9.17) is 0 Å². The van der Waals surface area contributed by atoms with E-state index in [1.807, 2.05) is 73.7 Å². The van der Waals surface area contributed by atoms with E-state index in [0.29, 0.717) is 0 Å². The Morgan fingerprint density at radius 3 is 2.52 bits per heavy atom. The normalized spacial score (nSPS) is 11.4. The monoisotopic (exact) mass is 395 g/mol. The lowest BCUT2D eigenvalue weighted by molar-refractivity contribution is -0.119. The largest absolute Gasteiger partial charge is 0.376 e. The van der Waals surface area contributed by atoms with Gasteiger partial charge < -0.3 is 5.32 Å². The van der Waals surface area contributed by atoms with Gasteiger partial charge in [0.25, 0.3) is 5.91 Å². The molecular formula is C20H18BrN3O. The van der Waals surface area contributed by atoms with Crippen molar-refractivity contribution >= 4 is 44.0 Å². The number of anilines is 1. The van der Waals surface area contributed by atoms with Crippen LogP contribution in [-0.2, 0) is 4.79 Å². The molecule has 0 saturated carbocycles. The fraction of sp³-hybridized carbons (Fsp3) is 0.100. The fourth-order valence-electron chi connectivity index (χ4n) is 2.50. The average molecular weight is 396 g/mol. The molecule has 0 aliphatic rings. The summed E-state index contributed by atoms with van der Waals surface area (Å²) in [4.78, 5) is 12.1. The zero-order chi connectivity index (χ0) is 17.6. The average Bonchev–Trinajstić information content (AvgIpc) is 2.65. The molecule has 0 atom stereocenters. The molecule has 0 fully saturated rings. The van der Waals surface area contributed by atoms with Crippen LogP contribution in [0.4, 0.5) is 5.69 Å². The molecule has 0 spiro atoms. The molecule has 3 rings (SSSR count). The van der Waals surface area contributed by atoms with Gasteiger partial charge in [0.05, 0.1) is 12.3 Å². The van der Waals surface area contributed by atoms with Gasteiger partial charge in [-0.25, -0.2) is 5.43 Å². The van der Waals surface area contributed by atoms with Gasteiger partial charge in [-0.05, 0) is 36.1 Å². The van der Waals surface area contributed by atoms with E-state index in [0.717, 1.165) is 32.2 Å². The predicted molar refractivity (Wildman–Crippen MR) is 107 cm³/mol. The van der Waals surface area contributed by atoms with Gasteiger partial charge >= 0.3 is 0 Å². The van der Waals surface area contributed by atoms with Crippen LogP contribution in [0, 0.1) is 0 Å². The molecule has 0 saturated heterocycles. The van der Waals surface area contributed by atoms with Crippen LogP contribution in [0.25, 0.3) is 10.8 Å². The van der Waals surface area contributed by atoms with Crippen LogP contribution in [0.15, 0.2) is 76.3 Å². The molecule has 0 bridgehead atoms. The Bertz CT molecular complexity index is 914. The maximum Gasteiger partial charge on any atom is 0.259 e. The topological polar surface area (TPSA) is 53.5 Å². The number of halogens is 1. The number of fused-ring (bicyclic) bond motifs is 1. The Labute approximate surface area is 155 Å². The fourth-order valence-corrected chi connectivity index (χ4v) is 2.76. The van der Waals surface area contributed by atoms with Gasteiger partial charge in [-0.1, -0.05) is 64.5 Å². The second-order valence-electron chi connectivity index (χ2n) is 5.62. The van der Waals surface area contributed by atoms with Crippen LogP contribution in [0.1, 0.15) is 12.5 Å². The van der Waals surface area contributed by atoms with Crippen molar-refractivity contribution in [1.82, 2.24) is 5.43 Å². The highest BCUT2D eigenvalue weighted by Gasteiger charge is 2.04. The highest BCUT2D eigenvalue weighted by Crippen LogP contribution is 2.22. The quantitative estimate of drug-likeness (QED) is 0.491. The highest BCUT2D eigenvalue weighted by atomic mass is 79.9. The maximum atomic E-state index is 12.1. The Morgan fingerprint density at radius 2 is 1.72 bits per heavy atom. The summed E-state index contributed by atoms with van der Waals surface area (Å²) in [6.07, 6.45) is 0. The van der Waals surface area contributed by atoms with Gasteiger partial charge in [0, 0.05) is 15.5 Å². The molecule has 0 radical (unpaired) electrons. The zero-order valence-electron chi connectivity index (χ0n) is 13.8. The van der Waals surface area contributed by atoms with Crippen LogP contribution in [-0.4, -0.2) is 18.2 Å². The SMILES string of the molecule is CC(=NNC(=O)CNc1cccc2ccccc12)c1ccc(Br)cc1. The van der Waals surface area contributed by atoms with Crippen molar-refractivity contribution in [3.63, 3.8) is 0 Å². The molecule has 25 heavy (non-hydrogen) atoms. The second-order valence-corrected chi connectivity index (χ2v) is 6.54. The summed E-state index contributed by atoms with van der Waals surface area (Å²) >= 11 is 3.40. The lowest BCUT2D eigenvalue weighted by atomic mass is 10.1. The van der Waals surface area contributed by atoms with Crippen molar-refractivity contribution in [3.8, 4) is 0 Å². The van der Waals surface area contributed by atoms with Crippen LogP contribution >= 0.6 is 15.9 Å². The first-order valence-corrected chi connectivity index (χ1v) is 8.73. The third-order valence-corrected chi connectivity index (χ3v) is 4.37. The van der Waals surface area contributed by atoms with E-state index < -0.39 is 0 Å². The summed E-state index contributed by atoms with van der Waals surface area (Å²) in [5, 5.41) is 9.56. The van der Waals surface area contributed by atoms with Gasteiger partial charge in [-0.2, -0.15) is 5.10 Å². The predicted octanol–water partition coefficient (Wildman–Crippen LogP) is 4.55. The summed E-state index contributed by atoms with van der Waals surface area (Å²) < 4.78 is 1.01. The molecule has 5 heteroatoms. The molecule has 3 aromatic rings. The summed E-state index contributed by atoms with van der Waals surface area (Å²) in [6, 6.07) is 21.8.